The molecule has 1 aliphatic rings. The lowest BCUT2D eigenvalue weighted by molar-refractivity contribution is -0.118. The highest BCUT2D eigenvalue weighted by Gasteiger charge is 2.29. The Balaban J connectivity index is 2.28. The Bertz CT molecular complexity index is 516. The molecule has 6 heteroatoms. The van der Waals surface area contributed by atoms with E-state index in [-0.39, 0.29) is 23.4 Å². The molecule has 0 bridgehead atoms. The van der Waals surface area contributed by atoms with Crippen LogP contribution in [0.2, 0.25) is 0 Å². The van der Waals surface area contributed by atoms with Crippen LogP contribution in [0.3, 0.4) is 0 Å². The fourth-order valence-corrected chi connectivity index (χ4v) is 2.06. The van der Waals surface area contributed by atoms with Crippen molar-refractivity contribution < 1.29 is 14.8 Å². The third kappa shape index (κ3) is 2.53. The van der Waals surface area contributed by atoms with Crippen molar-refractivity contribution in [3.63, 3.8) is 0 Å². The van der Waals surface area contributed by atoms with Crippen LogP contribution >= 0.6 is 0 Å². The lowest BCUT2D eigenvalue weighted by atomic mass is 9.96. The maximum atomic E-state index is 12.0. The molecule has 1 aliphatic heterocycles. The summed E-state index contributed by atoms with van der Waals surface area (Å²) in [5, 5.41) is 14.5. The Labute approximate surface area is 111 Å². The van der Waals surface area contributed by atoms with Crippen molar-refractivity contribution in [1.29, 1.82) is 0 Å². The monoisotopic (exact) mass is 263 g/mol. The maximum Gasteiger partial charge on any atom is 0.274 e. The highest BCUT2D eigenvalue weighted by Crippen LogP contribution is 2.30. The summed E-state index contributed by atoms with van der Waals surface area (Å²) in [6, 6.07) is 4.56. The van der Waals surface area contributed by atoms with Gasteiger partial charge in [-0.25, -0.2) is 5.48 Å². The first-order chi connectivity index (χ1) is 9.06. The maximum absolute atomic E-state index is 12.0. The van der Waals surface area contributed by atoms with Gasteiger partial charge in [-0.1, -0.05) is 20.3 Å². The third-order valence-electron chi connectivity index (χ3n) is 3.45. The first-order valence-electron chi connectivity index (χ1n) is 6.22. The fourth-order valence-electron chi connectivity index (χ4n) is 2.06. The van der Waals surface area contributed by atoms with Crippen molar-refractivity contribution in [2.45, 2.75) is 26.3 Å². The third-order valence-corrected chi connectivity index (χ3v) is 3.45. The number of hydrogen-bond donors (Lipinski definition) is 4. The topological polar surface area (TPSA) is 90.5 Å². The predicted octanol–water partition coefficient (Wildman–Crippen LogP) is 1.58. The Hall–Kier alpha value is -2.08. The fraction of sp³-hybridized carbons (Fsp3) is 0.385. The van der Waals surface area contributed by atoms with Gasteiger partial charge in [0.2, 0.25) is 5.91 Å². The van der Waals surface area contributed by atoms with Gasteiger partial charge >= 0.3 is 0 Å². The van der Waals surface area contributed by atoms with E-state index in [1.807, 2.05) is 13.8 Å². The van der Waals surface area contributed by atoms with E-state index in [4.69, 9.17) is 5.21 Å². The molecule has 0 spiro atoms. The second kappa shape index (κ2) is 5.27. The summed E-state index contributed by atoms with van der Waals surface area (Å²) in [6.45, 7) is 4.04. The minimum Gasteiger partial charge on any atom is -0.372 e. The molecule has 1 aromatic carbocycles. The number of anilines is 2. The second-order valence-corrected chi connectivity index (χ2v) is 4.70. The Morgan fingerprint density at radius 1 is 1.47 bits per heavy atom. The van der Waals surface area contributed by atoms with E-state index in [2.05, 4.69) is 10.6 Å². The number of benzene rings is 1. The molecule has 2 unspecified atom stereocenters. The highest BCUT2D eigenvalue weighted by atomic mass is 16.5. The minimum absolute atomic E-state index is 0.108. The van der Waals surface area contributed by atoms with Gasteiger partial charge in [0.25, 0.3) is 5.91 Å². The lowest BCUT2D eigenvalue weighted by Crippen LogP contribution is -2.43. The predicted molar refractivity (Wildman–Crippen MR) is 71.2 cm³/mol. The number of hydroxylamine groups is 1. The summed E-state index contributed by atoms with van der Waals surface area (Å²) in [5.41, 5.74) is 3.17. The SMILES string of the molecule is CCC(C)C1Nc2ccc(C(=O)NO)cc2NC1=O. The summed E-state index contributed by atoms with van der Waals surface area (Å²) < 4.78 is 0. The molecular weight excluding hydrogens is 246 g/mol. The zero-order valence-corrected chi connectivity index (χ0v) is 10.9. The molecule has 1 aromatic rings. The quantitative estimate of drug-likeness (QED) is 0.492. The Morgan fingerprint density at radius 3 is 2.84 bits per heavy atom. The molecule has 0 saturated carbocycles. The van der Waals surface area contributed by atoms with E-state index >= 15 is 0 Å². The van der Waals surface area contributed by atoms with Crippen LogP contribution in [0, 0.1) is 5.92 Å². The van der Waals surface area contributed by atoms with E-state index in [1.54, 1.807) is 17.6 Å². The van der Waals surface area contributed by atoms with Crippen LogP contribution in [0.25, 0.3) is 0 Å². The first-order valence-corrected chi connectivity index (χ1v) is 6.22. The van der Waals surface area contributed by atoms with Gasteiger partial charge in [0, 0.05) is 5.56 Å². The van der Waals surface area contributed by atoms with E-state index in [0.29, 0.717) is 5.69 Å². The van der Waals surface area contributed by atoms with Crippen LogP contribution in [-0.2, 0) is 4.79 Å². The van der Waals surface area contributed by atoms with Gasteiger partial charge in [-0.3, -0.25) is 14.8 Å². The van der Waals surface area contributed by atoms with Gasteiger partial charge < -0.3 is 10.6 Å². The van der Waals surface area contributed by atoms with Crippen LogP contribution in [0.4, 0.5) is 11.4 Å². The van der Waals surface area contributed by atoms with Crippen LogP contribution in [0.5, 0.6) is 0 Å². The van der Waals surface area contributed by atoms with Crippen molar-refractivity contribution in [3.05, 3.63) is 23.8 Å². The average Bonchev–Trinajstić information content (AvgIpc) is 2.44. The van der Waals surface area contributed by atoms with E-state index in [0.717, 1.165) is 12.1 Å². The second-order valence-electron chi connectivity index (χ2n) is 4.70. The first kappa shape index (κ1) is 13.4. The number of carbonyl (C=O) groups excluding carboxylic acids is 2. The van der Waals surface area contributed by atoms with Crippen LogP contribution in [0.15, 0.2) is 18.2 Å². The molecule has 0 saturated heterocycles. The van der Waals surface area contributed by atoms with Crippen molar-refractivity contribution >= 4 is 23.2 Å². The average molecular weight is 263 g/mol. The van der Waals surface area contributed by atoms with Crippen molar-refractivity contribution in [3.8, 4) is 0 Å². The summed E-state index contributed by atoms with van der Waals surface area (Å²) in [4.78, 5) is 23.3. The van der Waals surface area contributed by atoms with E-state index in [9.17, 15) is 9.59 Å². The molecule has 102 valence electrons. The number of hydrogen-bond acceptors (Lipinski definition) is 4. The highest BCUT2D eigenvalue weighted by molar-refractivity contribution is 6.05. The van der Waals surface area contributed by atoms with Crippen LogP contribution in [0.1, 0.15) is 30.6 Å². The van der Waals surface area contributed by atoms with Crippen LogP contribution in [-0.4, -0.2) is 23.1 Å². The molecule has 0 radical (unpaired) electrons. The van der Waals surface area contributed by atoms with Gasteiger partial charge in [-0.05, 0) is 24.1 Å². The largest absolute Gasteiger partial charge is 0.372 e. The lowest BCUT2D eigenvalue weighted by Gasteiger charge is -2.30. The van der Waals surface area contributed by atoms with Gasteiger partial charge in [0.05, 0.1) is 11.4 Å². The van der Waals surface area contributed by atoms with Crippen molar-refractivity contribution in [1.82, 2.24) is 5.48 Å². The number of nitrogens with one attached hydrogen (secondary N) is 3. The molecule has 2 atom stereocenters. The molecule has 0 aliphatic carbocycles. The standard InChI is InChI=1S/C13H17N3O3/c1-3-7(2)11-13(18)15-10-6-8(12(17)16-19)4-5-9(10)14-11/h4-7,11,14,19H,3H2,1-2H3,(H,15,18)(H,16,17). The van der Waals surface area contributed by atoms with Gasteiger partial charge in [0.1, 0.15) is 6.04 Å². The summed E-state index contributed by atoms with van der Waals surface area (Å²) in [7, 11) is 0. The number of amides is 2. The van der Waals surface area contributed by atoms with Gasteiger partial charge in [-0.15, -0.1) is 0 Å². The number of carbonyl (C=O) groups is 2. The van der Waals surface area contributed by atoms with E-state index < -0.39 is 5.91 Å². The molecule has 2 amide bonds. The molecule has 6 nitrogen and oxygen atoms in total. The summed E-state index contributed by atoms with van der Waals surface area (Å²) in [5.74, 6) is -0.502. The molecule has 4 N–H and O–H groups in total. The van der Waals surface area contributed by atoms with Crippen molar-refractivity contribution in [2.75, 3.05) is 10.6 Å². The molecule has 1 heterocycles. The summed E-state index contributed by atoms with van der Waals surface area (Å²) in [6.07, 6.45) is 0.894. The zero-order chi connectivity index (χ0) is 14.0. The minimum atomic E-state index is -0.610. The van der Waals surface area contributed by atoms with Gasteiger partial charge in [-0.2, -0.15) is 0 Å². The molecule has 0 aromatic heterocycles. The molecular formula is C13H17N3O3. The van der Waals surface area contributed by atoms with Crippen molar-refractivity contribution in [2.24, 2.45) is 5.92 Å². The Morgan fingerprint density at radius 2 is 2.21 bits per heavy atom. The van der Waals surface area contributed by atoms with Gasteiger partial charge in [0.15, 0.2) is 0 Å². The zero-order valence-electron chi connectivity index (χ0n) is 10.9. The molecule has 0 fully saturated rings. The summed E-state index contributed by atoms with van der Waals surface area (Å²) >= 11 is 0. The molecule has 19 heavy (non-hydrogen) atoms. The Kier molecular flexibility index (Phi) is 3.71. The van der Waals surface area contributed by atoms with Crippen LogP contribution < -0.4 is 16.1 Å². The van der Waals surface area contributed by atoms with E-state index in [1.165, 1.54) is 6.07 Å². The molecule has 2 rings (SSSR count). The normalized spacial score (nSPS) is 18.9. The number of rotatable bonds is 3. The number of fused-ring (bicyclic) bond motifs is 1. The smallest absolute Gasteiger partial charge is 0.274 e.